The molecule has 0 fully saturated rings. The number of phenolic OH excluding ortho intramolecular Hbond substituents is 3. The van der Waals surface area contributed by atoms with E-state index in [0.717, 1.165) is 72.8 Å². The number of rotatable bonds is 3. The van der Waals surface area contributed by atoms with Gasteiger partial charge in [-0.1, -0.05) is 0 Å². The zero-order valence-corrected chi connectivity index (χ0v) is 27.6. The average molecular weight is 588 g/mol. The Balaban J connectivity index is -0.000000436. The molecule has 3 rings (SSSR count). The van der Waals surface area contributed by atoms with Crippen molar-refractivity contribution < 1.29 is 143 Å². The average Bonchev–Trinajstić information content (AvgIpc) is 2.68. The zero-order valence-electron chi connectivity index (χ0n) is 19.2. The van der Waals surface area contributed by atoms with Crippen LogP contribution in [0, 0.1) is 0 Å². The summed E-state index contributed by atoms with van der Waals surface area (Å²) in [6.07, 6.45) is 0. The van der Waals surface area contributed by atoms with Crippen molar-refractivity contribution in [2.24, 2.45) is 0 Å². The van der Waals surface area contributed by atoms with E-state index in [1.54, 1.807) is 0 Å². The van der Waals surface area contributed by atoms with Crippen LogP contribution in [0.1, 0.15) is 0 Å². The van der Waals surface area contributed by atoms with E-state index >= 15 is 0 Å². The fourth-order valence-corrected chi connectivity index (χ4v) is 3.25. The molecule has 0 aliphatic rings. The standard InChI is InChI=1S/3C6H6O4S.3Na/c3*7-5-1-3-6(4-2-5)11(8,9)10;;;/h3*1-4,7H,(H,8,9,10);;;/q;;;3*+1/p-3. The van der Waals surface area contributed by atoms with E-state index in [1.165, 1.54) is 0 Å². The van der Waals surface area contributed by atoms with E-state index in [2.05, 4.69) is 0 Å². The van der Waals surface area contributed by atoms with E-state index in [0.29, 0.717) is 0 Å². The first-order chi connectivity index (χ1) is 15.0. The van der Waals surface area contributed by atoms with Gasteiger partial charge in [-0.15, -0.1) is 0 Å². The molecule has 18 heteroatoms. The van der Waals surface area contributed by atoms with Gasteiger partial charge >= 0.3 is 88.7 Å². The molecule has 3 aromatic carbocycles. The van der Waals surface area contributed by atoms with Crippen LogP contribution in [0.5, 0.6) is 17.2 Å². The first kappa shape index (κ1) is 40.3. The summed E-state index contributed by atoms with van der Waals surface area (Å²) in [7, 11) is -13.1. The molecular weight excluding hydrogens is 573 g/mol. The van der Waals surface area contributed by atoms with Crippen molar-refractivity contribution in [3.63, 3.8) is 0 Å². The van der Waals surface area contributed by atoms with Crippen LogP contribution in [-0.2, 0) is 30.4 Å². The summed E-state index contributed by atoms with van der Waals surface area (Å²) in [4.78, 5) is -1.01. The van der Waals surface area contributed by atoms with Gasteiger partial charge in [-0.2, -0.15) is 0 Å². The van der Waals surface area contributed by atoms with Gasteiger partial charge in [0, 0.05) is 0 Å². The van der Waals surface area contributed by atoms with Crippen molar-refractivity contribution >= 4 is 30.4 Å². The monoisotopic (exact) mass is 588 g/mol. The molecule has 0 atom stereocenters. The summed E-state index contributed by atoms with van der Waals surface area (Å²) in [5, 5.41) is 26.2. The third-order valence-electron chi connectivity index (χ3n) is 3.38. The van der Waals surface area contributed by atoms with Gasteiger partial charge in [0.1, 0.15) is 47.6 Å². The summed E-state index contributed by atoms with van der Waals surface area (Å²) in [5.74, 6) is -0.216. The fourth-order valence-electron chi connectivity index (χ4n) is 1.84. The summed E-state index contributed by atoms with van der Waals surface area (Å²) >= 11 is 0. The molecule has 0 heterocycles. The smallest absolute Gasteiger partial charge is 0.744 e. The molecule has 0 bridgehead atoms. The molecule has 0 saturated heterocycles. The number of aromatic hydroxyl groups is 3. The van der Waals surface area contributed by atoms with Crippen molar-refractivity contribution in [3.05, 3.63) is 72.8 Å². The number of phenols is 3. The molecule has 0 saturated carbocycles. The molecule has 3 N–H and O–H groups in total. The maximum atomic E-state index is 10.3. The van der Waals surface area contributed by atoms with E-state index < -0.39 is 30.4 Å². The van der Waals surface area contributed by atoms with Crippen LogP contribution in [0.25, 0.3) is 0 Å². The van der Waals surface area contributed by atoms with Gasteiger partial charge in [-0.25, -0.2) is 25.3 Å². The second-order valence-electron chi connectivity index (χ2n) is 5.84. The Labute approximate surface area is 274 Å². The van der Waals surface area contributed by atoms with Crippen LogP contribution in [0.15, 0.2) is 87.5 Å². The fraction of sp³-hybridized carbons (Fsp3) is 0. The minimum Gasteiger partial charge on any atom is -0.744 e. The third-order valence-corrected chi connectivity index (χ3v) is 5.92. The van der Waals surface area contributed by atoms with Gasteiger partial charge in [0.15, 0.2) is 0 Å². The minimum atomic E-state index is -4.38. The van der Waals surface area contributed by atoms with Crippen LogP contribution < -0.4 is 88.7 Å². The predicted molar refractivity (Wildman–Crippen MR) is 108 cm³/mol. The number of hydrogen-bond donors (Lipinski definition) is 3. The molecule has 3 aromatic rings. The van der Waals surface area contributed by atoms with Crippen LogP contribution in [0.3, 0.4) is 0 Å². The molecular formula is C18H15Na3O12S3. The van der Waals surface area contributed by atoms with Gasteiger partial charge in [-0.05, 0) is 72.8 Å². The first-order valence-corrected chi connectivity index (χ1v) is 12.5. The summed E-state index contributed by atoms with van der Waals surface area (Å²) in [6, 6.07) is 13.2. The Hall–Kier alpha value is -0.210. The quantitative estimate of drug-likeness (QED) is 0.191. The normalized spacial score (nSPS) is 10.4. The molecule has 0 aliphatic heterocycles. The summed E-state index contributed by atoms with van der Waals surface area (Å²) in [6.45, 7) is 0. The van der Waals surface area contributed by atoms with Crippen molar-refractivity contribution in [2.45, 2.75) is 14.7 Å². The largest absolute Gasteiger partial charge is 1.00 e. The molecule has 180 valence electrons. The Bertz CT molecular complexity index is 1200. The summed E-state index contributed by atoms with van der Waals surface area (Å²) in [5.41, 5.74) is 0. The molecule has 0 spiro atoms. The Morgan fingerprint density at radius 1 is 0.389 bits per heavy atom. The van der Waals surface area contributed by atoms with Gasteiger partial charge in [-0.3, -0.25) is 0 Å². The van der Waals surface area contributed by atoms with Gasteiger partial charge in [0.05, 0.1) is 14.7 Å². The maximum absolute atomic E-state index is 10.3. The van der Waals surface area contributed by atoms with Gasteiger partial charge < -0.3 is 29.0 Å². The molecule has 0 radical (unpaired) electrons. The van der Waals surface area contributed by atoms with Crippen LogP contribution in [0.2, 0.25) is 0 Å². The SMILES string of the molecule is O=S(=O)([O-])c1ccc(O)cc1.O=S(=O)([O-])c1ccc(O)cc1.O=S(=O)([O-])c1ccc(O)cc1.[Na+].[Na+].[Na+]. The number of benzene rings is 3. The molecule has 12 nitrogen and oxygen atoms in total. The van der Waals surface area contributed by atoms with E-state index in [9.17, 15) is 38.9 Å². The molecule has 0 unspecified atom stereocenters. The second-order valence-corrected chi connectivity index (χ2v) is 9.98. The van der Waals surface area contributed by atoms with E-state index in [-0.39, 0.29) is 121 Å². The summed E-state index contributed by atoms with van der Waals surface area (Å²) < 4.78 is 92.8. The van der Waals surface area contributed by atoms with Crippen LogP contribution in [-0.4, -0.2) is 54.2 Å². The molecule has 0 amide bonds. The second kappa shape index (κ2) is 17.4. The predicted octanol–water partition coefficient (Wildman–Crippen LogP) is -8.10. The van der Waals surface area contributed by atoms with Crippen molar-refractivity contribution in [3.8, 4) is 17.2 Å². The number of hydrogen-bond acceptors (Lipinski definition) is 12. The Kier molecular flexibility index (Phi) is 19.5. The Morgan fingerprint density at radius 2 is 0.528 bits per heavy atom. The van der Waals surface area contributed by atoms with Gasteiger partial charge in [0.25, 0.3) is 0 Å². The van der Waals surface area contributed by atoms with Crippen molar-refractivity contribution in [2.75, 3.05) is 0 Å². The van der Waals surface area contributed by atoms with Gasteiger partial charge in [0.2, 0.25) is 0 Å². The minimum absolute atomic E-state index is 0. The van der Waals surface area contributed by atoms with Crippen molar-refractivity contribution in [1.82, 2.24) is 0 Å². The molecule has 0 aliphatic carbocycles. The van der Waals surface area contributed by atoms with Crippen LogP contribution in [0.4, 0.5) is 0 Å². The topological polar surface area (TPSA) is 232 Å². The van der Waals surface area contributed by atoms with Crippen molar-refractivity contribution in [1.29, 1.82) is 0 Å². The van der Waals surface area contributed by atoms with E-state index in [1.807, 2.05) is 0 Å². The van der Waals surface area contributed by atoms with Crippen LogP contribution >= 0.6 is 0 Å². The Morgan fingerprint density at radius 3 is 0.639 bits per heavy atom. The third kappa shape index (κ3) is 15.9. The maximum Gasteiger partial charge on any atom is 1.00 e. The molecule has 0 aromatic heterocycles. The zero-order chi connectivity index (χ0) is 25.4. The first-order valence-electron chi connectivity index (χ1n) is 8.25. The molecule has 36 heavy (non-hydrogen) atoms. The van der Waals surface area contributed by atoms with E-state index in [4.69, 9.17) is 15.3 Å².